The van der Waals surface area contributed by atoms with E-state index in [-0.39, 0.29) is 27.1 Å². The number of aromatic nitrogens is 1. The number of terminal acetylenes is 1. The Kier molecular flexibility index (Phi) is 4.76. The van der Waals surface area contributed by atoms with Crippen LogP contribution in [0.5, 0.6) is 0 Å². The van der Waals surface area contributed by atoms with Crippen molar-refractivity contribution in [3.63, 3.8) is 0 Å². The van der Waals surface area contributed by atoms with Crippen molar-refractivity contribution < 1.29 is 13.2 Å². The van der Waals surface area contributed by atoms with E-state index in [0.717, 1.165) is 12.3 Å². The number of carbonyl (C=O) groups excluding carboxylic acids is 1. The van der Waals surface area contributed by atoms with Crippen LogP contribution < -0.4 is 16.9 Å². The van der Waals surface area contributed by atoms with Gasteiger partial charge in [0.25, 0.3) is 5.91 Å². The lowest BCUT2D eigenvalue weighted by Gasteiger charge is -2.14. The summed E-state index contributed by atoms with van der Waals surface area (Å²) in [7, 11) is -3.73. The minimum Gasteiger partial charge on any atom is -0.370 e. The minimum atomic E-state index is -3.73. The number of hydrogen-bond donors (Lipinski definition) is 2. The highest BCUT2D eigenvalue weighted by atomic mass is 32.2. The number of aliphatic imine (C=N–C) groups is 1. The number of amides is 1. The first-order chi connectivity index (χ1) is 11.6. The molecule has 0 radical (unpaired) electrons. The number of nitrogens with zero attached hydrogens (tertiary/aromatic N) is 2. The maximum atomic E-state index is 12.2. The summed E-state index contributed by atoms with van der Waals surface area (Å²) in [6.45, 7) is 0. The van der Waals surface area contributed by atoms with E-state index in [1.54, 1.807) is 0 Å². The summed E-state index contributed by atoms with van der Waals surface area (Å²) >= 11 is 0. The fourth-order valence-electron chi connectivity index (χ4n) is 2.11. The summed E-state index contributed by atoms with van der Waals surface area (Å²) < 4.78 is 25.7. The molecule has 2 rings (SSSR count). The smallest absolute Gasteiger partial charge is 0.281 e. The van der Waals surface area contributed by atoms with Crippen molar-refractivity contribution >= 4 is 21.7 Å². The van der Waals surface area contributed by atoms with Crippen LogP contribution in [0.1, 0.15) is 15.9 Å². The largest absolute Gasteiger partial charge is 0.370 e. The second kappa shape index (κ2) is 6.62. The molecular formula is C16H14N4O4S. The van der Waals surface area contributed by atoms with Crippen molar-refractivity contribution in [2.24, 2.45) is 16.5 Å². The van der Waals surface area contributed by atoms with Gasteiger partial charge in [0.1, 0.15) is 0 Å². The first-order valence-corrected chi connectivity index (χ1v) is 8.70. The van der Waals surface area contributed by atoms with Crippen LogP contribution in [-0.2, 0) is 9.84 Å². The quantitative estimate of drug-likeness (QED) is 0.436. The molecule has 0 saturated carbocycles. The summed E-state index contributed by atoms with van der Waals surface area (Å²) in [6, 6.07) is 4.99. The van der Waals surface area contributed by atoms with E-state index in [2.05, 4.69) is 10.9 Å². The monoisotopic (exact) mass is 358 g/mol. The van der Waals surface area contributed by atoms with E-state index < -0.39 is 21.7 Å². The highest BCUT2D eigenvalue weighted by molar-refractivity contribution is 7.90. The Morgan fingerprint density at radius 3 is 2.32 bits per heavy atom. The first kappa shape index (κ1) is 18.0. The fraction of sp³-hybridized carbons (Fsp3) is 0.0625. The molecule has 1 aromatic carbocycles. The van der Waals surface area contributed by atoms with E-state index in [1.165, 1.54) is 35.2 Å². The molecule has 9 heteroatoms. The molecule has 0 atom stereocenters. The van der Waals surface area contributed by atoms with Crippen molar-refractivity contribution in [1.29, 1.82) is 0 Å². The average molecular weight is 358 g/mol. The zero-order valence-corrected chi connectivity index (χ0v) is 13.9. The number of sulfone groups is 1. The number of hydrogen-bond acceptors (Lipinski definition) is 4. The molecule has 1 amide bonds. The lowest BCUT2D eigenvalue weighted by atomic mass is 10.1. The lowest BCUT2D eigenvalue weighted by molar-refractivity contribution is 0.100. The Morgan fingerprint density at radius 1 is 1.24 bits per heavy atom. The molecule has 4 N–H and O–H groups in total. The van der Waals surface area contributed by atoms with Gasteiger partial charge in [-0.1, -0.05) is 5.92 Å². The van der Waals surface area contributed by atoms with E-state index in [4.69, 9.17) is 17.9 Å². The topological polar surface area (TPSA) is 138 Å². The van der Waals surface area contributed by atoms with Crippen molar-refractivity contribution in [3.8, 4) is 18.0 Å². The van der Waals surface area contributed by atoms with Gasteiger partial charge in [0.15, 0.2) is 21.2 Å². The van der Waals surface area contributed by atoms with Gasteiger partial charge in [0.2, 0.25) is 0 Å². The number of pyridine rings is 1. The normalized spacial score (nSPS) is 10.7. The molecule has 0 fully saturated rings. The van der Waals surface area contributed by atoms with Crippen LogP contribution >= 0.6 is 0 Å². The number of carbonyl (C=O) groups is 1. The molecule has 128 valence electrons. The van der Waals surface area contributed by atoms with Gasteiger partial charge < -0.3 is 16.0 Å². The SMILES string of the molecule is C#Cc1cc(-n2ccc(=O)cc2)c(S(C)(=O)=O)cc1C(=O)N=C(N)N. The van der Waals surface area contributed by atoms with E-state index in [1.807, 2.05) is 0 Å². The van der Waals surface area contributed by atoms with Crippen LogP contribution in [0.4, 0.5) is 0 Å². The van der Waals surface area contributed by atoms with Crippen LogP contribution in [0.3, 0.4) is 0 Å². The zero-order chi connectivity index (χ0) is 18.8. The highest BCUT2D eigenvalue weighted by Gasteiger charge is 2.21. The van der Waals surface area contributed by atoms with Gasteiger partial charge in [-0.25, -0.2) is 8.42 Å². The van der Waals surface area contributed by atoms with Gasteiger partial charge in [-0.2, -0.15) is 4.99 Å². The number of benzene rings is 1. The van der Waals surface area contributed by atoms with Gasteiger partial charge in [-0.3, -0.25) is 9.59 Å². The summed E-state index contributed by atoms with van der Waals surface area (Å²) in [6.07, 6.45) is 9.20. The number of nitrogens with two attached hydrogens (primary N) is 2. The van der Waals surface area contributed by atoms with E-state index >= 15 is 0 Å². The molecule has 0 unspecified atom stereocenters. The molecule has 1 aromatic heterocycles. The van der Waals surface area contributed by atoms with Crippen molar-refractivity contribution in [2.75, 3.05) is 6.26 Å². The van der Waals surface area contributed by atoms with Crippen molar-refractivity contribution in [1.82, 2.24) is 4.57 Å². The van der Waals surface area contributed by atoms with Gasteiger partial charge in [0, 0.05) is 36.3 Å². The molecule has 0 aliphatic carbocycles. The first-order valence-electron chi connectivity index (χ1n) is 6.81. The second-order valence-electron chi connectivity index (χ2n) is 5.06. The third-order valence-corrected chi connectivity index (χ3v) is 4.32. The van der Waals surface area contributed by atoms with Gasteiger partial charge in [-0.05, 0) is 12.1 Å². The Morgan fingerprint density at radius 2 is 1.84 bits per heavy atom. The summed E-state index contributed by atoms with van der Waals surface area (Å²) in [4.78, 5) is 26.6. The molecule has 0 saturated heterocycles. The van der Waals surface area contributed by atoms with Crippen LogP contribution in [0.25, 0.3) is 5.69 Å². The molecule has 1 heterocycles. The predicted molar refractivity (Wildman–Crippen MR) is 93.2 cm³/mol. The van der Waals surface area contributed by atoms with Crippen LogP contribution in [0.15, 0.2) is 51.3 Å². The summed E-state index contributed by atoms with van der Waals surface area (Å²) in [5, 5.41) is 0. The van der Waals surface area contributed by atoms with E-state index in [0.29, 0.717) is 0 Å². The molecule has 8 nitrogen and oxygen atoms in total. The standard InChI is InChI=1S/C16H14N4O4S/c1-3-10-8-13(20-6-4-11(21)5-7-20)14(25(2,23)24)9-12(10)15(22)19-16(17)18/h1,4-9H,2H3,(H4,17,18,19,22). The van der Waals surface area contributed by atoms with Crippen LogP contribution in [0.2, 0.25) is 0 Å². The number of guanidine groups is 1. The van der Waals surface area contributed by atoms with E-state index in [9.17, 15) is 18.0 Å². The van der Waals surface area contributed by atoms with Gasteiger partial charge in [-0.15, -0.1) is 6.42 Å². The Bertz CT molecular complexity index is 1070. The lowest BCUT2D eigenvalue weighted by Crippen LogP contribution is -2.24. The van der Waals surface area contributed by atoms with Crippen LogP contribution in [0, 0.1) is 12.3 Å². The zero-order valence-electron chi connectivity index (χ0n) is 13.1. The minimum absolute atomic E-state index is 0.108. The Labute approximate surface area is 143 Å². The molecule has 2 aromatic rings. The Hall–Kier alpha value is -3.38. The fourth-order valence-corrected chi connectivity index (χ4v) is 2.99. The summed E-state index contributed by atoms with van der Waals surface area (Å²) in [5.74, 6) is 0.977. The Balaban J connectivity index is 2.84. The molecular weight excluding hydrogens is 344 g/mol. The van der Waals surface area contributed by atoms with Crippen molar-refractivity contribution in [3.05, 3.63) is 58.0 Å². The number of rotatable bonds is 3. The predicted octanol–water partition coefficient (Wildman–Crippen LogP) is -0.364. The van der Waals surface area contributed by atoms with Crippen LogP contribution in [-0.4, -0.2) is 31.1 Å². The molecule has 0 bridgehead atoms. The third-order valence-electron chi connectivity index (χ3n) is 3.19. The molecule has 25 heavy (non-hydrogen) atoms. The maximum Gasteiger partial charge on any atom is 0.281 e. The second-order valence-corrected chi connectivity index (χ2v) is 7.05. The third kappa shape index (κ3) is 3.94. The highest BCUT2D eigenvalue weighted by Crippen LogP contribution is 2.25. The molecule has 0 aliphatic rings. The van der Waals surface area contributed by atoms with Gasteiger partial charge >= 0.3 is 0 Å². The summed E-state index contributed by atoms with van der Waals surface area (Å²) in [5.41, 5.74) is 10.3. The van der Waals surface area contributed by atoms with Crippen molar-refractivity contribution in [2.45, 2.75) is 4.90 Å². The molecule has 0 spiro atoms. The molecule has 0 aliphatic heterocycles. The average Bonchev–Trinajstić information content (AvgIpc) is 2.52. The maximum absolute atomic E-state index is 12.2. The van der Waals surface area contributed by atoms with Gasteiger partial charge in [0.05, 0.1) is 16.1 Å².